The first-order valence-corrected chi connectivity index (χ1v) is 8.12. The fraction of sp³-hybridized carbons (Fsp3) is 0.294. The van der Waals surface area contributed by atoms with Crippen LogP contribution in [0.5, 0.6) is 11.5 Å². The molecule has 120 valence electrons. The predicted molar refractivity (Wildman–Crippen MR) is 90.2 cm³/mol. The van der Waals surface area contributed by atoms with Crippen molar-refractivity contribution in [3.05, 3.63) is 46.5 Å². The largest absolute Gasteiger partial charge is 0.497 e. The summed E-state index contributed by atoms with van der Waals surface area (Å²) in [5.74, 6) is 1.56. The van der Waals surface area contributed by atoms with Crippen molar-refractivity contribution in [1.82, 2.24) is 9.97 Å². The third-order valence-corrected chi connectivity index (χ3v) is 4.61. The van der Waals surface area contributed by atoms with E-state index < -0.39 is 0 Å². The molecule has 0 amide bonds. The summed E-state index contributed by atoms with van der Waals surface area (Å²) in [5, 5.41) is 3.90. The van der Waals surface area contributed by atoms with Crippen molar-refractivity contribution in [2.45, 2.75) is 19.6 Å². The Hall–Kier alpha value is -2.18. The van der Waals surface area contributed by atoms with Crippen LogP contribution in [-0.4, -0.2) is 24.2 Å². The minimum Gasteiger partial charge on any atom is -0.497 e. The normalized spacial score (nSPS) is 12.3. The first-order chi connectivity index (χ1) is 11.2. The quantitative estimate of drug-likeness (QED) is 0.684. The van der Waals surface area contributed by atoms with Gasteiger partial charge in [-0.05, 0) is 25.1 Å². The van der Waals surface area contributed by atoms with Gasteiger partial charge in [-0.2, -0.15) is 0 Å². The highest BCUT2D eigenvalue weighted by Gasteiger charge is 2.10. The van der Waals surface area contributed by atoms with Gasteiger partial charge in [-0.3, -0.25) is 4.98 Å². The molecule has 0 N–H and O–H groups in total. The van der Waals surface area contributed by atoms with Crippen LogP contribution in [-0.2, 0) is 11.3 Å². The standard InChI is InChI=1S/C17H18N2O3S/c1-11(20-2)17-19-12(10-23-17)9-22-16-6-7-18-15-8-13(21-3)4-5-14(15)16/h4-8,10-11H,9H2,1-3H3. The van der Waals surface area contributed by atoms with E-state index in [-0.39, 0.29) is 6.10 Å². The van der Waals surface area contributed by atoms with Crippen molar-refractivity contribution in [3.8, 4) is 11.5 Å². The minimum atomic E-state index is 0.00275. The van der Waals surface area contributed by atoms with E-state index in [0.29, 0.717) is 6.61 Å². The molecule has 0 bridgehead atoms. The monoisotopic (exact) mass is 330 g/mol. The maximum absolute atomic E-state index is 5.93. The van der Waals surface area contributed by atoms with Gasteiger partial charge in [-0.25, -0.2) is 4.98 Å². The van der Waals surface area contributed by atoms with Gasteiger partial charge in [0.2, 0.25) is 0 Å². The summed E-state index contributed by atoms with van der Waals surface area (Å²) in [7, 11) is 3.32. The second kappa shape index (κ2) is 6.93. The molecule has 2 aromatic heterocycles. The van der Waals surface area contributed by atoms with Gasteiger partial charge in [-0.15, -0.1) is 11.3 Å². The topological polar surface area (TPSA) is 53.5 Å². The first kappa shape index (κ1) is 15.7. The summed E-state index contributed by atoms with van der Waals surface area (Å²) in [6.07, 6.45) is 1.74. The highest BCUT2D eigenvalue weighted by molar-refractivity contribution is 7.09. The predicted octanol–water partition coefficient (Wildman–Crippen LogP) is 3.99. The molecule has 0 saturated heterocycles. The lowest BCUT2D eigenvalue weighted by atomic mass is 10.2. The lowest BCUT2D eigenvalue weighted by Crippen LogP contribution is -1.99. The number of fused-ring (bicyclic) bond motifs is 1. The number of aromatic nitrogens is 2. The summed E-state index contributed by atoms with van der Waals surface area (Å²) in [6, 6.07) is 7.61. The van der Waals surface area contributed by atoms with Gasteiger partial charge in [-0.1, -0.05) is 0 Å². The second-order valence-corrected chi connectivity index (χ2v) is 5.93. The molecule has 1 unspecified atom stereocenters. The zero-order valence-electron chi connectivity index (χ0n) is 13.3. The Morgan fingerprint density at radius 2 is 2.09 bits per heavy atom. The van der Waals surface area contributed by atoms with Gasteiger partial charge in [0, 0.05) is 30.1 Å². The molecule has 2 heterocycles. The van der Waals surface area contributed by atoms with E-state index in [4.69, 9.17) is 14.2 Å². The van der Waals surface area contributed by atoms with Crippen molar-refractivity contribution < 1.29 is 14.2 Å². The molecule has 3 rings (SSSR count). The molecule has 0 saturated carbocycles. The van der Waals surface area contributed by atoms with E-state index in [0.717, 1.165) is 33.1 Å². The molecular formula is C17H18N2O3S. The van der Waals surface area contributed by atoms with E-state index in [1.165, 1.54) is 0 Å². The molecule has 0 spiro atoms. The maximum atomic E-state index is 5.93. The van der Waals surface area contributed by atoms with Gasteiger partial charge in [0.1, 0.15) is 29.2 Å². The van der Waals surface area contributed by atoms with Gasteiger partial charge in [0.15, 0.2) is 0 Å². The first-order valence-electron chi connectivity index (χ1n) is 7.24. The summed E-state index contributed by atoms with van der Waals surface area (Å²) in [5.41, 5.74) is 1.74. The van der Waals surface area contributed by atoms with Crippen LogP contribution in [0.2, 0.25) is 0 Å². The van der Waals surface area contributed by atoms with Gasteiger partial charge < -0.3 is 14.2 Å². The van der Waals surface area contributed by atoms with Crippen LogP contribution < -0.4 is 9.47 Å². The zero-order valence-corrected chi connectivity index (χ0v) is 14.1. The Bertz CT molecular complexity index is 803. The molecule has 5 nitrogen and oxygen atoms in total. The Kier molecular flexibility index (Phi) is 4.73. The average Bonchev–Trinajstić information content (AvgIpc) is 3.07. The molecule has 1 atom stereocenters. The number of ether oxygens (including phenoxy) is 3. The number of methoxy groups -OCH3 is 2. The van der Waals surface area contributed by atoms with E-state index in [1.807, 2.05) is 36.6 Å². The van der Waals surface area contributed by atoms with Crippen LogP contribution >= 0.6 is 11.3 Å². The maximum Gasteiger partial charge on any atom is 0.131 e. The van der Waals surface area contributed by atoms with E-state index in [2.05, 4.69) is 9.97 Å². The number of benzene rings is 1. The number of hydrogen-bond donors (Lipinski definition) is 0. The highest BCUT2D eigenvalue weighted by atomic mass is 32.1. The van der Waals surface area contributed by atoms with Crippen LogP contribution in [0.15, 0.2) is 35.8 Å². The zero-order chi connectivity index (χ0) is 16.2. The molecule has 0 aliphatic carbocycles. The van der Waals surface area contributed by atoms with Crippen molar-refractivity contribution in [1.29, 1.82) is 0 Å². The second-order valence-electron chi connectivity index (χ2n) is 5.04. The lowest BCUT2D eigenvalue weighted by molar-refractivity contribution is 0.119. The molecule has 0 aliphatic rings. The van der Waals surface area contributed by atoms with E-state index in [1.54, 1.807) is 31.8 Å². The average molecular weight is 330 g/mol. The van der Waals surface area contributed by atoms with Gasteiger partial charge in [0.25, 0.3) is 0 Å². The van der Waals surface area contributed by atoms with E-state index >= 15 is 0 Å². The summed E-state index contributed by atoms with van der Waals surface area (Å²) in [4.78, 5) is 8.89. The lowest BCUT2D eigenvalue weighted by Gasteiger charge is -2.09. The molecular weight excluding hydrogens is 312 g/mol. The molecule has 23 heavy (non-hydrogen) atoms. The van der Waals surface area contributed by atoms with Crippen molar-refractivity contribution >= 4 is 22.2 Å². The van der Waals surface area contributed by atoms with E-state index in [9.17, 15) is 0 Å². The number of nitrogens with zero attached hydrogens (tertiary/aromatic N) is 2. The third kappa shape index (κ3) is 3.43. The Balaban J connectivity index is 1.78. The fourth-order valence-electron chi connectivity index (χ4n) is 2.18. The summed E-state index contributed by atoms with van der Waals surface area (Å²) >= 11 is 1.58. The molecule has 0 fully saturated rings. The SMILES string of the molecule is COc1ccc2c(OCc3csc(C(C)OC)n3)ccnc2c1. The molecule has 3 aromatic rings. The molecule has 0 radical (unpaired) electrons. The highest BCUT2D eigenvalue weighted by Crippen LogP contribution is 2.28. The molecule has 1 aromatic carbocycles. The number of pyridine rings is 1. The van der Waals surface area contributed by atoms with Crippen molar-refractivity contribution in [2.24, 2.45) is 0 Å². The van der Waals surface area contributed by atoms with Crippen molar-refractivity contribution in [2.75, 3.05) is 14.2 Å². The molecule has 0 aliphatic heterocycles. The van der Waals surface area contributed by atoms with Gasteiger partial charge in [0.05, 0.1) is 18.3 Å². The van der Waals surface area contributed by atoms with Crippen LogP contribution in [0.4, 0.5) is 0 Å². The fourth-order valence-corrected chi connectivity index (χ4v) is 3.02. The number of hydrogen-bond acceptors (Lipinski definition) is 6. The Morgan fingerprint density at radius 3 is 2.87 bits per heavy atom. The number of rotatable bonds is 6. The van der Waals surface area contributed by atoms with Crippen molar-refractivity contribution in [3.63, 3.8) is 0 Å². The Labute approximate surface area is 138 Å². The van der Waals surface area contributed by atoms with Crippen LogP contribution in [0, 0.1) is 0 Å². The van der Waals surface area contributed by atoms with Crippen LogP contribution in [0.25, 0.3) is 10.9 Å². The molecule has 6 heteroatoms. The minimum absolute atomic E-state index is 0.00275. The third-order valence-electron chi connectivity index (χ3n) is 3.56. The number of thiazole rings is 1. The van der Waals surface area contributed by atoms with Gasteiger partial charge >= 0.3 is 0 Å². The summed E-state index contributed by atoms with van der Waals surface area (Å²) in [6.45, 7) is 2.39. The smallest absolute Gasteiger partial charge is 0.131 e. The van der Waals surface area contributed by atoms with Crippen LogP contribution in [0.3, 0.4) is 0 Å². The Morgan fingerprint density at radius 1 is 1.22 bits per heavy atom. The summed E-state index contributed by atoms with van der Waals surface area (Å²) < 4.78 is 16.4. The van der Waals surface area contributed by atoms with Crippen LogP contribution in [0.1, 0.15) is 23.7 Å².